The van der Waals surface area contributed by atoms with Crippen LogP contribution < -0.4 is 11.3 Å². The standard InChI is InChI=1S/C10H14N2OS/c11-9-5-8(6-12-10(9)13)7-1-3-14-4-2-7/h5-7H,1-4,11H2,(H,12,13). The molecule has 2 heterocycles. The van der Waals surface area contributed by atoms with Crippen molar-refractivity contribution >= 4 is 17.4 Å². The van der Waals surface area contributed by atoms with Crippen molar-refractivity contribution in [1.82, 2.24) is 4.98 Å². The number of anilines is 1. The summed E-state index contributed by atoms with van der Waals surface area (Å²) in [6, 6.07) is 1.82. The van der Waals surface area contributed by atoms with Crippen LogP contribution in [0.15, 0.2) is 17.1 Å². The lowest BCUT2D eigenvalue weighted by Crippen LogP contribution is -2.14. The summed E-state index contributed by atoms with van der Waals surface area (Å²) in [6.45, 7) is 0. The fraction of sp³-hybridized carbons (Fsp3) is 0.500. The third kappa shape index (κ3) is 1.95. The molecule has 1 saturated heterocycles. The van der Waals surface area contributed by atoms with Gasteiger partial charge in [0.1, 0.15) is 0 Å². The highest BCUT2D eigenvalue weighted by atomic mass is 32.2. The molecule has 1 aromatic heterocycles. The molecule has 0 aromatic carbocycles. The van der Waals surface area contributed by atoms with Gasteiger partial charge in [0.25, 0.3) is 5.56 Å². The van der Waals surface area contributed by atoms with E-state index in [-0.39, 0.29) is 5.56 Å². The second kappa shape index (κ2) is 4.09. The quantitative estimate of drug-likeness (QED) is 0.739. The number of nitrogen functional groups attached to an aromatic ring is 1. The van der Waals surface area contributed by atoms with Crippen molar-refractivity contribution in [2.45, 2.75) is 18.8 Å². The van der Waals surface area contributed by atoms with Crippen molar-refractivity contribution in [3.63, 3.8) is 0 Å². The number of H-pyrrole nitrogens is 1. The first-order valence-corrected chi connectivity index (χ1v) is 5.98. The number of hydrogen-bond acceptors (Lipinski definition) is 3. The van der Waals surface area contributed by atoms with E-state index in [4.69, 9.17) is 5.73 Å². The highest BCUT2D eigenvalue weighted by Gasteiger charge is 2.16. The summed E-state index contributed by atoms with van der Waals surface area (Å²) < 4.78 is 0. The zero-order chi connectivity index (χ0) is 9.97. The number of nitrogens with one attached hydrogen (secondary N) is 1. The van der Waals surface area contributed by atoms with E-state index in [9.17, 15) is 4.79 Å². The minimum Gasteiger partial charge on any atom is -0.394 e. The number of aromatic nitrogens is 1. The molecule has 0 amide bonds. The Hall–Kier alpha value is -0.900. The maximum Gasteiger partial charge on any atom is 0.271 e. The second-order valence-electron chi connectivity index (χ2n) is 3.60. The molecule has 1 aliphatic rings. The lowest BCUT2D eigenvalue weighted by atomic mass is 9.95. The van der Waals surface area contributed by atoms with Gasteiger partial charge in [0.15, 0.2) is 0 Å². The molecule has 1 fully saturated rings. The lowest BCUT2D eigenvalue weighted by Gasteiger charge is -2.21. The summed E-state index contributed by atoms with van der Waals surface area (Å²) in [6.07, 6.45) is 4.19. The fourth-order valence-corrected chi connectivity index (χ4v) is 2.89. The first-order valence-electron chi connectivity index (χ1n) is 4.83. The van der Waals surface area contributed by atoms with Crippen molar-refractivity contribution in [3.05, 3.63) is 28.2 Å². The van der Waals surface area contributed by atoms with Gasteiger partial charge in [0.05, 0.1) is 5.69 Å². The number of pyridine rings is 1. The van der Waals surface area contributed by atoms with E-state index in [1.807, 2.05) is 17.8 Å². The minimum absolute atomic E-state index is 0.182. The summed E-state index contributed by atoms with van der Waals surface area (Å²) in [5.41, 5.74) is 6.91. The fourth-order valence-electron chi connectivity index (χ4n) is 1.79. The molecule has 0 aliphatic carbocycles. The molecule has 1 aromatic rings. The van der Waals surface area contributed by atoms with E-state index in [0.717, 1.165) is 0 Å². The Bertz CT molecular complexity index is 369. The van der Waals surface area contributed by atoms with Crippen LogP contribution >= 0.6 is 11.8 Å². The van der Waals surface area contributed by atoms with Crippen molar-refractivity contribution in [2.75, 3.05) is 17.2 Å². The van der Waals surface area contributed by atoms with Crippen LogP contribution in [-0.2, 0) is 0 Å². The van der Waals surface area contributed by atoms with Gasteiger partial charge in [-0.15, -0.1) is 0 Å². The van der Waals surface area contributed by atoms with Gasteiger partial charge in [-0.1, -0.05) is 0 Å². The molecule has 0 bridgehead atoms. The normalized spacial score (nSPS) is 18.3. The minimum atomic E-state index is -0.182. The highest BCUT2D eigenvalue weighted by molar-refractivity contribution is 7.99. The molecule has 0 atom stereocenters. The topological polar surface area (TPSA) is 58.9 Å². The molecule has 0 radical (unpaired) electrons. The molecule has 0 unspecified atom stereocenters. The molecule has 76 valence electrons. The summed E-state index contributed by atoms with van der Waals surface area (Å²) in [5, 5.41) is 0. The van der Waals surface area contributed by atoms with Gasteiger partial charge in [-0.25, -0.2) is 0 Å². The van der Waals surface area contributed by atoms with Gasteiger partial charge in [-0.05, 0) is 41.9 Å². The van der Waals surface area contributed by atoms with E-state index >= 15 is 0 Å². The first kappa shape index (κ1) is 9.65. The van der Waals surface area contributed by atoms with Gasteiger partial charge in [0.2, 0.25) is 0 Å². The van der Waals surface area contributed by atoms with Crippen LogP contribution in [0.2, 0.25) is 0 Å². The van der Waals surface area contributed by atoms with E-state index in [1.54, 1.807) is 6.20 Å². The Balaban J connectivity index is 2.22. The Morgan fingerprint density at radius 1 is 1.43 bits per heavy atom. The highest BCUT2D eigenvalue weighted by Crippen LogP contribution is 2.31. The van der Waals surface area contributed by atoms with Crippen molar-refractivity contribution in [3.8, 4) is 0 Å². The molecule has 2 rings (SSSR count). The van der Waals surface area contributed by atoms with E-state index in [2.05, 4.69) is 4.98 Å². The SMILES string of the molecule is Nc1cc(C2CCSCC2)c[nH]c1=O. The third-order valence-corrected chi connectivity index (χ3v) is 3.70. The van der Waals surface area contributed by atoms with Crippen molar-refractivity contribution in [2.24, 2.45) is 0 Å². The summed E-state index contributed by atoms with van der Waals surface area (Å²) in [4.78, 5) is 13.7. The molecular formula is C10H14N2OS. The molecule has 3 N–H and O–H groups in total. The van der Waals surface area contributed by atoms with Crippen LogP contribution in [0.4, 0.5) is 5.69 Å². The summed E-state index contributed by atoms with van der Waals surface area (Å²) in [5.74, 6) is 3.00. The molecule has 1 aliphatic heterocycles. The van der Waals surface area contributed by atoms with E-state index in [0.29, 0.717) is 11.6 Å². The summed E-state index contributed by atoms with van der Waals surface area (Å²) in [7, 11) is 0. The van der Waals surface area contributed by atoms with Crippen LogP contribution in [0.25, 0.3) is 0 Å². The molecule has 14 heavy (non-hydrogen) atoms. The van der Waals surface area contributed by atoms with Gasteiger partial charge >= 0.3 is 0 Å². The third-order valence-electron chi connectivity index (χ3n) is 2.65. The average Bonchev–Trinajstić information content (AvgIpc) is 2.23. The number of rotatable bonds is 1. The Kier molecular flexibility index (Phi) is 2.82. The second-order valence-corrected chi connectivity index (χ2v) is 4.83. The zero-order valence-corrected chi connectivity index (χ0v) is 8.77. The maximum absolute atomic E-state index is 11.1. The lowest BCUT2D eigenvalue weighted by molar-refractivity contribution is 0.635. The number of nitrogens with two attached hydrogens (primary N) is 1. The monoisotopic (exact) mass is 210 g/mol. The maximum atomic E-state index is 11.1. The smallest absolute Gasteiger partial charge is 0.271 e. The Morgan fingerprint density at radius 3 is 2.79 bits per heavy atom. The first-order chi connectivity index (χ1) is 6.77. The molecule has 0 saturated carbocycles. The number of hydrogen-bond donors (Lipinski definition) is 2. The Labute approximate surface area is 87.1 Å². The van der Waals surface area contributed by atoms with Crippen LogP contribution in [0, 0.1) is 0 Å². The molecular weight excluding hydrogens is 196 g/mol. The molecule has 0 spiro atoms. The molecule has 3 nitrogen and oxygen atoms in total. The number of thioether (sulfide) groups is 1. The predicted molar refractivity (Wildman–Crippen MR) is 60.8 cm³/mol. The van der Waals surface area contributed by atoms with Crippen molar-refractivity contribution < 1.29 is 0 Å². The zero-order valence-electron chi connectivity index (χ0n) is 7.95. The predicted octanol–water partition coefficient (Wildman–Crippen LogP) is 1.57. The van der Waals surface area contributed by atoms with E-state index in [1.165, 1.54) is 29.9 Å². The average molecular weight is 210 g/mol. The van der Waals surface area contributed by atoms with Gasteiger partial charge in [0, 0.05) is 6.20 Å². The van der Waals surface area contributed by atoms with Crippen LogP contribution in [0.5, 0.6) is 0 Å². The van der Waals surface area contributed by atoms with Crippen LogP contribution in [0.1, 0.15) is 24.3 Å². The number of aromatic amines is 1. The van der Waals surface area contributed by atoms with Gasteiger partial charge < -0.3 is 10.7 Å². The van der Waals surface area contributed by atoms with Crippen LogP contribution in [-0.4, -0.2) is 16.5 Å². The van der Waals surface area contributed by atoms with E-state index < -0.39 is 0 Å². The van der Waals surface area contributed by atoms with Gasteiger partial charge in [-0.3, -0.25) is 4.79 Å². The van der Waals surface area contributed by atoms with Crippen LogP contribution in [0.3, 0.4) is 0 Å². The Morgan fingerprint density at radius 2 is 2.14 bits per heavy atom. The van der Waals surface area contributed by atoms with Gasteiger partial charge in [-0.2, -0.15) is 11.8 Å². The summed E-state index contributed by atoms with van der Waals surface area (Å²) >= 11 is 2.00. The molecule has 4 heteroatoms. The largest absolute Gasteiger partial charge is 0.394 e. The van der Waals surface area contributed by atoms with Crippen molar-refractivity contribution in [1.29, 1.82) is 0 Å².